The van der Waals surface area contributed by atoms with E-state index in [2.05, 4.69) is 4.74 Å². The predicted molar refractivity (Wildman–Crippen MR) is 34.1 cm³/mol. The first-order valence-corrected chi connectivity index (χ1v) is 3.05. The zero-order valence-corrected chi connectivity index (χ0v) is 6.07. The van der Waals surface area contributed by atoms with Gasteiger partial charge in [0.05, 0.1) is 6.10 Å². The minimum atomic E-state index is -1.18. The molecule has 2 unspecified atom stereocenters. The van der Waals surface area contributed by atoms with E-state index in [1.165, 1.54) is 13.8 Å². The lowest BCUT2D eigenvalue weighted by atomic mass is 10.3. The number of hydrogen-bond acceptors (Lipinski definition) is 4. The van der Waals surface area contributed by atoms with E-state index in [4.69, 9.17) is 10.2 Å². The molecule has 10 heavy (non-hydrogen) atoms. The van der Waals surface area contributed by atoms with Gasteiger partial charge in [0.15, 0.2) is 0 Å². The Kier molecular flexibility index (Phi) is 3.99. The summed E-state index contributed by atoms with van der Waals surface area (Å²) in [5.74, 6) is -0.548. The van der Waals surface area contributed by atoms with Crippen molar-refractivity contribution in [3.8, 4) is 0 Å². The van der Waals surface area contributed by atoms with Crippen molar-refractivity contribution in [3.05, 3.63) is 0 Å². The molecule has 0 amide bonds. The number of aliphatic hydroxyl groups is 2. The number of ether oxygens (including phenoxy) is 1. The van der Waals surface area contributed by atoms with E-state index in [0.717, 1.165) is 0 Å². The highest BCUT2D eigenvalue weighted by Crippen LogP contribution is 1.98. The second kappa shape index (κ2) is 4.24. The fourth-order valence-corrected chi connectivity index (χ4v) is 0.531. The van der Waals surface area contributed by atoms with Gasteiger partial charge in [-0.2, -0.15) is 0 Å². The topological polar surface area (TPSA) is 66.8 Å². The van der Waals surface area contributed by atoms with Gasteiger partial charge in [0.2, 0.25) is 6.29 Å². The highest BCUT2D eigenvalue weighted by molar-refractivity contribution is 5.65. The largest absolute Gasteiger partial charge is 0.436 e. The lowest BCUT2D eigenvalue weighted by molar-refractivity contribution is -0.168. The summed E-state index contributed by atoms with van der Waals surface area (Å²) in [4.78, 5) is 10.2. The number of carbonyl (C=O) groups excluding carboxylic acids is 1. The van der Waals surface area contributed by atoms with Crippen LogP contribution in [0.4, 0.5) is 0 Å². The Balaban J connectivity index is 3.43. The zero-order valence-electron chi connectivity index (χ0n) is 6.07. The fraction of sp³-hybridized carbons (Fsp3) is 0.833. The molecule has 0 aromatic heterocycles. The maximum atomic E-state index is 10.2. The van der Waals surface area contributed by atoms with Crippen LogP contribution in [0, 0.1) is 0 Å². The summed E-state index contributed by atoms with van der Waals surface area (Å²) < 4.78 is 4.32. The second-order valence-corrected chi connectivity index (χ2v) is 2.15. The lowest BCUT2D eigenvalue weighted by Crippen LogP contribution is -2.20. The van der Waals surface area contributed by atoms with Crippen LogP contribution < -0.4 is 0 Å². The summed E-state index contributed by atoms with van der Waals surface area (Å²) in [7, 11) is 0. The summed E-state index contributed by atoms with van der Waals surface area (Å²) in [6.45, 7) is 2.71. The van der Waals surface area contributed by atoms with E-state index in [1.54, 1.807) is 0 Å². The van der Waals surface area contributed by atoms with Gasteiger partial charge in [-0.25, -0.2) is 0 Å². The van der Waals surface area contributed by atoms with E-state index >= 15 is 0 Å². The molecule has 2 atom stereocenters. The van der Waals surface area contributed by atoms with Crippen molar-refractivity contribution < 1.29 is 19.7 Å². The molecule has 0 bridgehead atoms. The Morgan fingerprint density at radius 1 is 1.60 bits per heavy atom. The molecule has 60 valence electrons. The first-order valence-electron chi connectivity index (χ1n) is 3.05. The van der Waals surface area contributed by atoms with E-state index in [-0.39, 0.29) is 6.42 Å². The van der Waals surface area contributed by atoms with Gasteiger partial charge in [0, 0.05) is 13.3 Å². The van der Waals surface area contributed by atoms with Gasteiger partial charge in [-0.15, -0.1) is 0 Å². The Morgan fingerprint density at radius 2 is 2.10 bits per heavy atom. The van der Waals surface area contributed by atoms with Gasteiger partial charge in [-0.05, 0) is 6.92 Å². The predicted octanol–water partition coefficient (Wildman–Crippen LogP) is -0.361. The summed E-state index contributed by atoms with van der Waals surface area (Å²) >= 11 is 0. The van der Waals surface area contributed by atoms with Gasteiger partial charge in [0.1, 0.15) is 0 Å². The number of aliphatic hydroxyl groups excluding tert-OH is 2. The first kappa shape index (κ1) is 9.39. The molecule has 4 heteroatoms. The van der Waals surface area contributed by atoms with Gasteiger partial charge < -0.3 is 14.9 Å². The number of rotatable bonds is 3. The van der Waals surface area contributed by atoms with Crippen LogP contribution in [0.3, 0.4) is 0 Å². The van der Waals surface area contributed by atoms with Crippen molar-refractivity contribution >= 4 is 5.97 Å². The first-order chi connectivity index (χ1) is 4.52. The van der Waals surface area contributed by atoms with Crippen molar-refractivity contribution in [2.24, 2.45) is 0 Å². The Hall–Kier alpha value is -0.610. The Morgan fingerprint density at radius 3 is 2.40 bits per heavy atom. The van der Waals surface area contributed by atoms with Crippen LogP contribution in [-0.2, 0) is 9.53 Å². The highest BCUT2D eigenvalue weighted by Gasteiger charge is 2.09. The van der Waals surface area contributed by atoms with Crippen LogP contribution in [-0.4, -0.2) is 28.6 Å². The molecule has 0 saturated heterocycles. The molecular formula is C6H12O4. The summed E-state index contributed by atoms with van der Waals surface area (Å²) in [6.07, 6.45) is -1.79. The molecule has 0 aromatic rings. The molecule has 4 nitrogen and oxygen atoms in total. The lowest BCUT2D eigenvalue weighted by Gasteiger charge is -2.11. The molecular weight excluding hydrogens is 136 g/mol. The molecule has 0 fully saturated rings. The Bertz CT molecular complexity index is 110. The second-order valence-electron chi connectivity index (χ2n) is 2.15. The molecule has 0 rings (SSSR count). The van der Waals surface area contributed by atoms with Gasteiger partial charge >= 0.3 is 5.97 Å². The van der Waals surface area contributed by atoms with Crippen LogP contribution >= 0.6 is 0 Å². The molecule has 0 radical (unpaired) electrons. The molecule has 0 spiro atoms. The standard InChI is InChI=1S/C6H12O4/c1-4(7)3-6(9)10-5(2)8/h4,6-7,9H,3H2,1-2H3. The minimum Gasteiger partial charge on any atom is -0.436 e. The third-order valence-corrected chi connectivity index (χ3v) is 0.845. The monoisotopic (exact) mass is 148 g/mol. The highest BCUT2D eigenvalue weighted by atomic mass is 16.6. The minimum absolute atomic E-state index is 0.0551. The van der Waals surface area contributed by atoms with E-state index < -0.39 is 18.4 Å². The molecule has 0 heterocycles. The molecule has 0 saturated carbocycles. The smallest absolute Gasteiger partial charge is 0.304 e. The SMILES string of the molecule is CC(=O)OC(O)CC(C)O. The van der Waals surface area contributed by atoms with E-state index in [9.17, 15) is 4.79 Å². The average Bonchev–Trinajstić information content (AvgIpc) is 1.58. The molecule has 0 aliphatic heterocycles. The number of hydrogen-bond donors (Lipinski definition) is 2. The van der Waals surface area contributed by atoms with Crippen molar-refractivity contribution in [2.45, 2.75) is 32.7 Å². The maximum absolute atomic E-state index is 10.2. The average molecular weight is 148 g/mol. The number of esters is 1. The fourth-order valence-electron chi connectivity index (χ4n) is 0.531. The van der Waals surface area contributed by atoms with Gasteiger partial charge in [-0.1, -0.05) is 0 Å². The van der Waals surface area contributed by atoms with Crippen molar-refractivity contribution in [2.75, 3.05) is 0 Å². The quantitative estimate of drug-likeness (QED) is 0.423. The van der Waals surface area contributed by atoms with Crippen LogP contribution in [0.15, 0.2) is 0 Å². The molecule has 0 aliphatic carbocycles. The van der Waals surface area contributed by atoms with Crippen LogP contribution in [0.2, 0.25) is 0 Å². The zero-order chi connectivity index (χ0) is 8.15. The molecule has 0 aromatic carbocycles. The van der Waals surface area contributed by atoms with Crippen molar-refractivity contribution in [3.63, 3.8) is 0 Å². The normalized spacial score (nSPS) is 16.0. The number of carbonyl (C=O) groups is 1. The summed E-state index contributed by atoms with van der Waals surface area (Å²) in [5, 5.41) is 17.5. The summed E-state index contributed by atoms with van der Waals surface area (Å²) in [6, 6.07) is 0. The third-order valence-electron chi connectivity index (χ3n) is 0.845. The van der Waals surface area contributed by atoms with E-state index in [0.29, 0.717) is 0 Å². The summed E-state index contributed by atoms with van der Waals surface area (Å²) in [5.41, 5.74) is 0. The van der Waals surface area contributed by atoms with Crippen LogP contribution in [0.5, 0.6) is 0 Å². The van der Waals surface area contributed by atoms with Crippen LogP contribution in [0.25, 0.3) is 0 Å². The van der Waals surface area contributed by atoms with Crippen molar-refractivity contribution in [1.82, 2.24) is 0 Å². The van der Waals surface area contributed by atoms with Crippen LogP contribution in [0.1, 0.15) is 20.3 Å². The molecule has 0 aliphatic rings. The van der Waals surface area contributed by atoms with Crippen molar-refractivity contribution in [1.29, 1.82) is 0 Å². The van der Waals surface area contributed by atoms with Gasteiger partial charge in [-0.3, -0.25) is 4.79 Å². The van der Waals surface area contributed by atoms with Gasteiger partial charge in [0.25, 0.3) is 0 Å². The maximum Gasteiger partial charge on any atom is 0.304 e. The Labute approximate surface area is 59.4 Å². The van der Waals surface area contributed by atoms with E-state index in [1.807, 2.05) is 0 Å². The molecule has 2 N–H and O–H groups in total. The third kappa shape index (κ3) is 5.53.